The third-order valence-corrected chi connectivity index (χ3v) is 6.49. The van der Waals surface area contributed by atoms with Crippen LogP contribution in [-0.2, 0) is 4.79 Å². The highest BCUT2D eigenvalue weighted by molar-refractivity contribution is 8.00. The van der Waals surface area contributed by atoms with Crippen LogP contribution >= 0.6 is 11.8 Å². The Labute approximate surface area is 164 Å². The van der Waals surface area contributed by atoms with Crippen LogP contribution in [0, 0.1) is 5.92 Å². The molecule has 2 aliphatic rings. The molecule has 0 aliphatic heterocycles. The molecule has 2 heterocycles. The second-order valence-corrected chi connectivity index (χ2v) is 8.97. The molecular weight excluding hydrogens is 358 g/mol. The Hall–Kier alpha value is -1.89. The summed E-state index contributed by atoms with van der Waals surface area (Å²) >= 11 is 1.51. The van der Waals surface area contributed by atoms with Crippen molar-refractivity contribution in [2.24, 2.45) is 5.92 Å². The fourth-order valence-corrected chi connectivity index (χ4v) is 4.65. The monoisotopic (exact) mass is 385 g/mol. The van der Waals surface area contributed by atoms with E-state index in [9.17, 15) is 4.79 Å². The molecule has 1 N–H and O–H groups in total. The Morgan fingerprint density at radius 3 is 2.78 bits per heavy atom. The van der Waals surface area contributed by atoms with Crippen molar-refractivity contribution < 1.29 is 4.79 Å². The van der Waals surface area contributed by atoms with Gasteiger partial charge in [-0.05, 0) is 50.7 Å². The first-order valence-electron chi connectivity index (χ1n) is 10.0. The van der Waals surface area contributed by atoms with Crippen LogP contribution in [0.3, 0.4) is 0 Å². The summed E-state index contributed by atoms with van der Waals surface area (Å²) in [7, 11) is 0. The summed E-state index contributed by atoms with van der Waals surface area (Å²) in [6.07, 6.45) is 12.3. The number of rotatable bonds is 7. The van der Waals surface area contributed by atoms with Crippen molar-refractivity contribution in [3.05, 3.63) is 24.5 Å². The van der Waals surface area contributed by atoms with Gasteiger partial charge in [-0.25, -0.2) is 0 Å². The molecular formula is C20H27N5OS. The average Bonchev–Trinajstić information content (AvgIpc) is 3.47. The molecule has 0 unspecified atom stereocenters. The Bertz CT molecular complexity index is 768. The number of hydrogen-bond donors (Lipinski definition) is 1. The van der Waals surface area contributed by atoms with Gasteiger partial charge in [-0.1, -0.05) is 31.0 Å². The third-order valence-electron chi connectivity index (χ3n) is 5.44. The zero-order chi connectivity index (χ0) is 18.6. The van der Waals surface area contributed by atoms with Crippen molar-refractivity contribution in [3.8, 4) is 11.4 Å². The van der Waals surface area contributed by atoms with Crippen molar-refractivity contribution in [2.75, 3.05) is 6.54 Å². The fraction of sp³-hybridized carbons (Fsp3) is 0.600. The number of carbonyl (C=O) groups is 1. The molecule has 0 spiro atoms. The fourth-order valence-electron chi connectivity index (χ4n) is 3.70. The summed E-state index contributed by atoms with van der Waals surface area (Å²) in [5.74, 6) is 1.59. The van der Waals surface area contributed by atoms with Crippen LogP contribution in [0.1, 0.15) is 57.9 Å². The van der Waals surface area contributed by atoms with Gasteiger partial charge in [-0.2, -0.15) is 0 Å². The Balaban J connectivity index is 1.41. The van der Waals surface area contributed by atoms with E-state index in [0.29, 0.717) is 12.0 Å². The highest BCUT2D eigenvalue weighted by Crippen LogP contribution is 2.41. The highest BCUT2D eigenvalue weighted by Gasteiger charge is 2.31. The summed E-state index contributed by atoms with van der Waals surface area (Å²) in [6.45, 7) is 2.76. The predicted octanol–water partition coefficient (Wildman–Crippen LogP) is 3.85. The number of pyridine rings is 1. The molecule has 0 aromatic carbocycles. The maximum absolute atomic E-state index is 12.6. The van der Waals surface area contributed by atoms with E-state index in [4.69, 9.17) is 0 Å². The van der Waals surface area contributed by atoms with Gasteiger partial charge in [0.1, 0.15) is 0 Å². The van der Waals surface area contributed by atoms with Crippen molar-refractivity contribution in [2.45, 2.75) is 68.3 Å². The molecule has 0 saturated heterocycles. The molecule has 1 atom stereocenters. The minimum atomic E-state index is -0.183. The van der Waals surface area contributed by atoms with Gasteiger partial charge in [0, 0.05) is 30.5 Å². The minimum absolute atomic E-state index is 0.0962. The molecule has 6 nitrogen and oxygen atoms in total. The van der Waals surface area contributed by atoms with E-state index in [2.05, 4.69) is 25.1 Å². The van der Waals surface area contributed by atoms with Crippen molar-refractivity contribution in [1.29, 1.82) is 0 Å². The average molecular weight is 386 g/mol. The molecule has 2 aromatic rings. The number of aromatic nitrogens is 4. The molecule has 144 valence electrons. The van der Waals surface area contributed by atoms with Crippen molar-refractivity contribution in [1.82, 2.24) is 25.1 Å². The van der Waals surface area contributed by atoms with Crippen LogP contribution in [0.4, 0.5) is 0 Å². The molecule has 2 aromatic heterocycles. The van der Waals surface area contributed by atoms with Crippen LogP contribution < -0.4 is 5.32 Å². The predicted molar refractivity (Wildman–Crippen MR) is 106 cm³/mol. The van der Waals surface area contributed by atoms with Crippen LogP contribution in [-0.4, -0.2) is 37.5 Å². The number of carbonyl (C=O) groups excluding carboxylic acids is 1. The van der Waals surface area contributed by atoms with E-state index in [0.717, 1.165) is 35.9 Å². The minimum Gasteiger partial charge on any atom is -0.355 e. The summed E-state index contributed by atoms with van der Waals surface area (Å²) in [6, 6.07) is 4.36. The first-order valence-corrected chi connectivity index (χ1v) is 10.9. The van der Waals surface area contributed by atoms with Gasteiger partial charge in [0.15, 0.2) is 11.0 Å². The summed E-state index contributed by atoms with van der Waals surface area (Å²) in [4.78, 5) is 16.8. The second kappa shape index (κ2) is 8.42. The van der Waals surface area contributed by atoms with Crippen molar-refractivity contribution >= 4 is 17.7 Å². The molecule has 2 fully saturated rings. The van der Waals surface area contributed by atoms with Gasteiger partial charge in [0.2, 0.25) is 5.91 Å². The second-order valence-electron chi connectivity index (χ2n) is 7.66. The van der Waals surface area contributed by atoms with Crippen molar-refractivity contribution in [3.63, 3.8) is 0 Å². The standard InChI is InChI=1S/C20H27N5OS/c1-14(19(26)22-12-15-6-3-2-4-7-15)27-20-24-23-18(25(20)17-9-10-17)16-8-5-11-21-13-16/h5,8,11,13-15,17H,2-4,6-7,9-10,12H2,1H3,(H,22,26)/t14-/m1/s1. The topological polar surface area (TPSA) is 72.7 Å². The molecule has 27 heavy (non-hydrogen) atoms. The van der Waals surface area contributed by atoms with Crippen LogP contribution in [0.5, 0.6) is 0 Å². The number of hydrogen-bond acceptors (Lipinski definition) is 5. The SMILES string of the molecule is C[C@@H](Sc1nnc(-c2cccnc2)n1C1CC1)C(=O)NCC1CCCCC1. The lowest BCUT2D eigenvalue weighted by atomic mass is 9.89. The highest BCUT2D eigenvalue weighted by atomic mass is 32.2. The summed E-state index contributed by atoms with van der Waals surface area (Å²) in [5.41, 5.74) is 0.971. The van der Waals surface area contributed by atoms with E-state index in [1.807, 2.05) is 25.3 Å². The van der Waals surface area contributed by atoms with E-state index in [1.165, 1.54) is 43.9 Å². The summed E-state index contributed by atoms with van der Waals surface area (Å²) < 4.78 is 2.19. The quantitative estimate of drug-likeness (QED) is 0.733. The van der Waals surface area contributed by atoms with Gasteiger partial charge in [-0.15, -0.1) is 10.2 Å². The number of thioether (sulfide) groups is 1. The lowest BCUT2D eigenvalue weighted by Crippen LogP contribution is -2.35. The molecule has 2 saturated carbocycles. The molecule has 0 bridgehead atoms. The Kier molecular flexibility index (Phi) is 5.76. The largest absolute Gasteiger partial charge is 0.355 e. The third kappa shape index (κ3) is 4.51. The van der Waals surface area contributed by atoms with Crippen LogP contribution in [0.25, 0.3) is 11.4 Å². The number of nitrogens with zero attached hydrogens (tertiary/aromatic N) is 4. The summed E-state index contributed by atoms with van der Waals surface area (Å²) in [5, 5.41) is 12.6. The number of amides is 1. The molecule has 4 rings (SSSR count). The van der Waals surface area contributed by atoms with Gasteiger partial charge in [0.05, 0.1) is 5.25 Å². The molecule has 1 amide bonds. The van der Waals surface area contributed by atoms with E-state index in [-0.39, 0.29) is 11.2 Å². The van der Waals surface area contributed by atoms with E-state index < -0.39 is 0 Å². The maximum Gasteiger partial charge on any atom is 0.233 e. The first kappa shape index (κ1) is 18.5. The zero-order valence-electron chi connectivity index (χ0n) is 15.8. The Morgan fingerprint density at radius 2 is 2.07 bits per heavy atom. The van der Waals surface area contributed by atoms with Gasteiger partial charge in [-0.3, -0.25) is 14.3 Å². The zero-order valence-corrected chi connectivity index (χ0v) is 16.6. The first-order chi connectivity index (χ1) is 13.2. The van der Waals surface area contributed by atoms with Crippen LogP contribution in [0.2, 0.25) is 0 Å². The smallest absolute Gasteiger partial charge is 0.233 e. The lowest BCUT2D eigenvalue weighted by molar-refractivity contribution is -0.120. The normalized spacial score (nSPS) is 19.0. The van der Waals surface area contributed by atoms with Gasteiger partial charge < -0.3 is 5.32 Å². The van der Waals surface area contributed by atoms with Crippen LogP contribution in [0.15, 0.2) is 29.7 Å². The van der Waals surface area contributed by atoms with Gasteiger partial charge in [0.25, 0.3) is 0 Å². The molecule has 7 heteroatoms. The number of nitrogens with one attached hydrogen (secondary N) is 1. The van der Waals surface area contributed by atoms with Gasteiger partial charge >= 0.3 is 0 Å². The molecule has 0 radical (unpaired) electrons. The van der Waals surface area contributed by atoms with E-state index in [1.54, 1.807) is 6.20 Å². The lowest BCUT2D eigenvalue weighted by Gasteiger charge is -2.22. The molecule has 2 aliphatic carbocycles. The maximum atomic E-state index is 12.6. The Morgan fingerprint density at radius 1 is 1.26 bits per heavy atom. The van der Waals surface area contributed by atoms with E-state index >= 15 is 0 Å².